The Kier molecular flexibility index (Phi) is 5.21. The predicted molar refractivity (Wildman–Crippen MR) is 70.8 cm³/mol. The molecule has 0 aromatic heterocycles. The average molecular weight is 284 g/mol. The van der Waals surface area contributed by atoms with Crippen LogP contribution in [0.3, 0.4) is 0 Å². The largest absolute Gasteiger partial charge is 0.304 e. The second-order valence-electron chi connectivity index (χ2n) is 5.15. The third-order valence-corrected chi connectivity index (χ3v) is 4.96. The molecule has 0 aromatic rings. The van der Waals surface area contributed by atoms with Crippen molar-refractivity contribution < 1.29 is 8.42 Å². The van der Waals surface area contributed by atoms with E-state index in [1.54, 1.807) is 0 Å². The van der Waals surface area contributed by atoms with E-state index in [4.69, 9.17) is 11.6 Å². The van der Waals surface area contributed by atoms with Crippen molar-refractivity contribution in [1.29, 1.82) is 0 Å². The van der Waals surface area contributed by atoms with Crippen molar-refractivity contribution in [2.45, 2.75) is 19.4 Å². The summed E-state index contributed by atoms with van der Waals surface area (Å²) in [6.07, 6.45) is 0. The highest BCUT2D eigenvalue weighted by molar-refractivity contribution is 7.90. The summed E-state index contributed by atoms with van der Waals surface area (Å²) in [6, 6.07) is 0. The Morgan fingerprint density at radius 1 is 1.24 bits per heavy atom. The number of alkyl halides is 1. The fourth-order valence-corrected chi connectivity index (χ4v) is 2.73. The fourth-order valence-electron chi connectivity index (χ4n) is 1.85. The van der Waals surface area contributed by atoms with Crippen LogP contribution in [0.15, 0.2) is 0 Å². The van der Waals surface area contributed by atoms with E-state index in [0.29, 0.717) is 6.54 Å². The predicted octanol–water partition coefficient (Wildman–Crippen LogP) is 0.128. The van der Waals surface area contributed by atoms with E-state index in [2.05, 4.69) is 35.4 Å². The van der Waals surface area contributed by atoms with Gasteiger partial charge in [0.2, 0.25) is 10.0 Å². The van der Waals surface area contributed by atoms with E-state index in [9.17, 15) is 8.42 Å². The van der Waals surface area contributed by atoms with Gasteiger partial charge in [0.25, 0.3) is 0 Å². The van der Waals surface area contributed by atoms with Crippen molar-refractivity contribution in [2.75, 3.05) is 45.0 Å². The van der Waals surface area contributed by atoms with E-state index >= 15 is 0 Å². The van der Waals surface area contributed by atoms with Crippen LogP contribution in [0.25, 0.3) is 0 Å². The zero-order chi connectivity index (χ0) is 13.1. The Bertz CT molecular complexity index is 337. The first-order chi connectivity index (χ1) is 7.77. The number of piperazine rings is 1. The molecule has 0 aromatic carbocycles. The van der Waals surface area contributed by atoms with Crippen molar-refractivity contribution in [3.05, 3.63) is 0 Å². The maximum absolute atomic E-state index is 11.3. The minimum Gasteiger partial charge on any atom is -0.304 e. The Labute approximate surface area is 109 Å². The fraction of sp³-hybridized carbons (Fsp3) is 1.00. The molecule has 102 valence electrons. The minimum atomic E-state index is -3.32. The highest BCUT2D eigenvalue weighted by Crippen LogP contribution is 2.16. The van der Waals surface area contributed by atoms with Gasteiger partial charge in [0.1, 0.15) is 5.21 Å². The monoisotopic (exact) mass is 283 g/mol. The lowest BCUT2D eigenvalue weighted by molar-refractivity contribution is 0.0652. The SMILES string of the molecule is CN1CCN(C(C)(C)CNS(=O)(=O)CCl)CC1. The van der Waals surface area contributed by atoms with Crippen molar-refractivity contribution in [3.63, 3.8) is 0 Å². The van der Waals surface area contributed by atoms with Crippen LogP contribution in [0.4, 0.5) is 0 Å². The smallest absolute Gasteiger partial charge is 0.225 e. The van der Waals surface area contributed by atoms with Gasteiger partial charge < -0.3 is 4.90 Å². The van der Waals surface area contributed by atoms with Gasteiger partial charge in [-0.3, -0.25) is 4.90 Å². The summed E-state index contributed by atoms with van der Waals surface area (Å²) >= 11 is 5.36. The summed E-state index contributed by atoms with van der Waals surface area (Å²) < 4.78 is 25.2. The third kappa shape index (κ3) is 4.71. The normalized spacial score (nSPS) is 20.7. The summed E-state index contributed by atoms with van der Waals surface area (Å²) in [5.74, 6) is 0. The second-order valence-corrected chi connectivity index (χ2v) is 7.54. The van der Waals surface area contributed by atoms with Gasteiger partial charge in [-0.2, -0.15) is 0 Å². The van der Waals surface area contributed by atoms with Gasteiger partial charge in [-0.15, -0.1) is 11.6 Å². The number of nitrogens with zero attached hydrogens (tertiary/aromatic N) is 2. The van der Waals surface area contributed by atoms with Gasteiger partial charge in [-0.1, -0.05) is 0 Å². The Morgan fingerprint density at radius 2 is 1.76 bits per heavy atom. The highest BCUT2D eigenvalue weighted by Gasteiger charge is 2.30. The molecule has 0 bridgehead atoms. The number of likely N-dealkylation sites (N-methyl/N-ethyl adjacent to an activating group) is 1. The zero-order valence-corrected chi connectivity index (χ0v) is 12.3. The molecule has 1 saturated heterocycles. The Balaban J connectivity index is 2.51. The van der Waals surface area contributed by atoms with Crippen LogP contribution in [-0.2, 0) is 10.0 Å². The van der Waals surface area contributed by atoms with Crippen LogP contribution in [0, 0.1) is 0 Å². The Morgan fingerprint density at radius 3 is 2.24 bits per heavy atom. The van der Waals surface area contributed by atoms with Gasteiger partial charge in [0.05, 0.1) is 0 Å². The number of rotatable bonds is 5. The summed E-state index contributed by atoms with van der Waals surface area (Å²) in [7, 11) is -1.23. The van der Waals surface area contributed by atoms with E-state index in [-0.39, 0.29) is 10.8 Å². The number of sulfonamides is 1. The lowest BCUT2D eigenvalue weighted by Gasteiger charge is -2.43. The van der Waals surface area contributed by atoms with Gasteiger partial charge in [-0.05, 0) is 20.9 Å². The Hall–Kier alpha value is 0.120. The lowest BCUT2D eigenvalue weighted by atomic mass is 10.0. The number of halogens is 1. The standard InChI is InChI=1S/C10H22ClN3O2S/c1-10(2,8-12-17(15,16)9-11)14-6-4-13(3)5-7-14/h12H,4-9H2,1-3H3. The van der Waals surface area contributed by atoms with Crippen molar-refractivity contribution in [2.24, 2.45) is 0 Å². The number of nitrogens with one attached hydrogen (secondary N) is 1. The van der Waals surface area contributed by atoms with Crippen LogP contribution in [-0.4, -0.2) is 68.7 Å². The summed E-state index contributed by atoms with van der Waals surface area (Å²) in [6.45, 7) is 8.46. The molecule has 0 radical (unpaired) electrons. The molecule has 0 spiro atoms. The highest BCUT2D eigenvalue weighted by atomic mass is 35.5. The molecule has 1 aliphatic heterocycles. The van der Waals surface area contributed by atoms with Crippen LogP contribution < -0.4 is 4.72 Å². The molecule has 1 N–H and O–H groups in total. The van der Waals surface area contributed by atoms with Crippen molar-refractivity contribution >= 4 is 21.6 Å². The molecule has 0 amide bonds. The molecular formula is C10H22ClN3O2S. The quantitative estimate of drug-likeness (QED) is 0.729. The molecule has 0 unspecified atom stereocenters. The first-order valence-corrected chi connectivity index (χ1v) is 7.92. The van der Waals surface area contributed by atoms with Crippen LogP contribution in [0.1, 0.15) is 13.8 Å². The second kappa shape index (κ2) is 5.84. The summed E-state index contributed by atoms with van der Waals surface area (Å²) in [5.41, 5.74) is -0.180. The molecule has 0 atom stereocenters. The average Bonchev–Trinajstić information content (AvgIpc) is 2.27. The summed E-state index contributed by atoms with van der Waals surface area (Å²) in [4.78, 5) is 4.58. The van der Waals surface area contributed by atoms with Gasteiger partial charge in [0.15, 0.2) is 0 Å². The number of hydrogen-bond acceptors (Lipinski definition) is 4. The van der Waals surface area contributed by atoms with E-state index in [1.165, 1.54) is 0 Å². The summed E-state index contributed by atoms with van der Waals surface area (Å²) in [5, 5.41) is -0.383. The van der Waals surface area contributed by atoms with E-state index < -0.39 is 10.0 Å². The molecule has 1 fully saturated rings. The maximum Gasteiger partial charge on any atom is 0.225 e. The van der Waals surface area contributed by atoms with E-state index in [0.717, 1.165) is 26.2 Å². The zero-order valence-electron chi connectivity index (χ0n) is 10.7. The van der Waals surface area contributed by atoms with Gasteiger partial charge >= 0.3 is 0 Å². The van der Waals surface area contributed by atoms with Gasteiger partial charge in [-0.25, -0.2) is 13.1 Å². The topological polar surface area (TPSA) is 52.6 Å². The third-order valence-electron chi connectivity index (χ3n) is 3.23. The maximum atomic E-state index is 11.3. The molecule has 17 heavy (non-hydrogen) atoms. The molecule has 5 nitrogen and oxygen atoms in total. The first-order valence-electron chi connectivity index (χ1n) is 5.74. The molecule has 1 aliphatic rings. The molecule has 0 saturated carbocycles. The van der Waals surface area contributed by atoms with E-state index in [1.807, 2.05) is 0 Å². The minimum absolute atomic E-state index is 0.180. The first kappa shape index (κ1) is 15.2. The van der Waals surface area contributed by atoms with Crippen LogP contribution in [0.2, 0.25) is 0 Å². The van der Waals surface area contributed by atoms with Crippen molar-refractivity contribution in [1.82, 2.24) is 14.5 Å². The molecule has 0 aliphatic carbocycles. The van der Waals surface area contributed by atoms with Crippen molar-refractivity contribution in [3.8, 4) is 0 Å². The molecule has 7 heteroatoms. The molecule has 1 heterocycles. The van der Waals surface area contributed by atoms with Crippen LogP contribution >= 0.6 is 11.6 Å². The van der Waals surface area contributed by atoms with Crippen LogP contribution in [0.5, 0.6) is 0 Å². The number of hydrogen-bond donors (Lipinski definition) is 1. The van der Waals surface area contributed by atoms with Gasteiger partial charge in [0, 0.05) is 38.3 Å². The molecular weight excluding hydrogens is 262 g/mol. The lowest BCUT2D eigenvalue weighted by Crippen LogP contribution is -2.57. The molecule has 1 rings (SSSR count).